The van der Waals surface area contributed by atoms with Gasteiger partial charge in [0.05, 0.1) is 5.92 Å². The van der Waals surface area contributed by atoms with E-state index in [1.807, 2.05) is 0 Å². The number of halogens is 6. The van der Waals surface area contributed by atoms with Gasteiger partial charge in [0, 0.05) is 5.56 Å². The summed E-state index contributed by atoms with van der Waals surface area (Å²) < 4.78 is 57.4. The van der Waals surface area contributed by atoms with Crippen LogP contribution in [-0.4, -0.2) is 5.97 Å². The molecular formula is C15H12Cl2F4O2. The molecule has 126 valence electrons. The Morgan fingerprint density at radius 3 is 2.39 bits per heavy atom. The van der Waals surface area contributed by atoms with E-state index in [9.17, 15) is 22.4 Å². The molecular weight excluding hydrogens is 359 g/mol. The molecule has 1 aromatic carbocycles. The molecule has 1 aromatic rings. The molecule has 2 atom stereocenters. The van der Waals surface area contributed by atoms with Gasteiger partial charge in [0.2, 0.25) is 0 Å². The van der Waals surface area contributed by atoms with E-state index in [4.69, 9.17) is 27.9 Å². The van der Waals surface area contributed by atoms with Crippen LogP contribution in [-0.2, 0) is 16.1 Å². The second-order valence-corrected chi connectivity index (χ2v) is 6.86. The lowest BCUT2D eigenvalue weighted by molar-refractivity contribution is -0.147. The summed E-state index contributed by atoms with van der Waals surface area (Å²) in [6, 6.07) is 0.450. The van der Waals surface area contributed by atoms with Gasteiger partial charge in [-0.1, -0.05) is 37.0 Å². The number of benzene rings is 1. The topological polar surface area (TPSA) is 26.3 Å². The molecule has 1 saturated carbocycles. The van der Waals surface area contributed by atoms with E-state index >= 15 is 0 Å². The number of carbonyl (C=O) groups excluding carboxylic acids is 1. The number of hydrogen-bond acceptors (Lipinski definition) is 2. The van der Waals surface area contributed by atoms with Crippen molar-refractivity contribution in [2.75, 3.05) is 0 Å². The molecule has 0 N–H and O–H groups in total. The van der Waals surface area contributed by atoms with Crippen molar-refractivity contribution in [2.24, 2.45) is 17.3 Å². The van der Waals surface area contributed by atoms with Crippen LogP contribution in [0.15, 0.2) is 16.6 Å². The smallest absolute Gasteiger partial charge is 0.310 e. The third kappa shape index (κ3) is 3.48. The molecule has 1 fully saturated rings. The van der Waals surface area contributed by atoms with Crippen molar-refractivity contribution in [3.63, 3.8) is 0 Å². The molecule has 0 aliphatic heterocycles. The predicted molar refractivity (Wildman–Crippen MR) is 76.6 cm³/mol. The third-order valence-electron chi connectivity index (χ3n) is 4.02. The number of esters is 1. The number of hydrogen-bond donors (Lipinski definition) is 0. The monoisotopic (exact) mass is 370 g/mol. The summed E-state index contributed by atoms with van der Waals surface area (Å²) in [5, 5.41) is 0. The first-order valence-electron chi connectivity index (χ1n) is 6.58. The molecule has 0 bridgehead atoms. The molecule has 2 unspecified atom stereocenters. The Morgan fingerprint density at radius 2 is 1.83 bits per heavy atom. The summed E-state index contributed by atoms with van der Waals surface area (Å²) in [7, 11) is 0. The molecule has 2 rings (SSSR count). The second-order valence-electron chi connectivity index (χ2n) is 5.85. The fourth-order valence-corrected chi connectivity index (χ4v) is 2.81. The SMILES string of the molecule is CC1(C)C(C=C(Cl)Cl)C1C(=O)OCc1cc(F)c(F)c(F)c1F. The van der Waals surface area contributed by atoms with E-state index in [1.165, 1.54) is 6.08 Å². The lowest BCUT2D eigenvalue weighted by Gasteiger charge is -2.08. The molecule has 1 aliphatic rings. The van der Waals surface area contributed by atoms with Gasteiger partial charge in [-0.25, -0.2) is 17.6 Å². The highest BCUT2D eigenvalue weighted by Gasteiger charge is 2.61. The fraction of sp³-hybridized carbons (Fsp3) is 0.400. The Balaban J connectivity index is 2.08. The van der Waals surface area contributed by atoms with Crippen LogP contribution in [0.1, 0.15) is 19.4 Å². The molecule has 0 aromatic heterocycles. The van der Waals surface area contributed by atoms with Crippen LogP contribution >= 0.6 is 23.2 Å². The Bertz CT molecular complexity index is 685. The van der Waals surface area contributed by atoms with Crippen LogP contribution in [0, 0.1) is 40.5 Å². The van der Waals surface area contributed by atoms with Crippen LogP contribution in [0.25, 0.3) is 0 Å². The third-order valence-corrected chi connectivity index (χ3v) is 4.27. The number of allylic oxidation sites excluding steroid dienone is 1. The Labute approximate surface area is 140 Å². The van der Waals surface area contributed by atoms with E-state index in [1.54, 1.807) is 13.8 Å². The van der Waals surface area contributed by atoms with Gasteiger partial charge < -0.3 is 4.74 Å². The lowest BCUT2D eigenvalue weighted by atomic mass is 10.1. The highest BCUT2D eigenvalue weighted by Crippen LogP contribution is 2.60. The number of rotatable bonds is 4. The minimum absolute atomic E-state index is 0.00657. The van der Waals surface area contributed by atoms with Gasteiger partial charge in [-0.05, 0) is 23.5 Å². The molecule has 0 radical (unpaired) electrons. The van der Waals surface area contributed by atoms with Crippen LogP contribution in [0.5, 0.6) is 0 Å². The molecule has 0 saturated heterocycles. The molecule has 0 spiro atoms. The van der Waals surface area contributed by atoms with Crippen molar-refractivity contribution in [1.82, 2.24) is 0 Å². The zero-order chi connectivity index (χ0) is 17.5. The molecule has 23 heavy (non-hydrogen) atoms. The maximum atomic E-state index is 13.5. The summed E-state index contributed by atoms with van der Waals surface area (Å²) in [4.78, 5) is 12.0. The molecule has 0 amide bonds. The van der Waals surface area contributed by atoms with Crippen LogP contribution in [0.3, 0.4) is 0 Å². The van der Waals surface area contributed by atoms with Crippen molar-refractivity contribution in [3.8, 4) is 0 Å². The predicted octanol–water partition coefficient (Wildman–Crippen LogP) is 4.88. The van der Waals surface area contributed by atoms with E-state index in [-0.39, 0.29) is 10.4 Å². The summed E-state index contributed by atoms with van der Waals surface area (Å²) in [5.74, 6) is -8.51. The van der Waals surface area contributed by atoms with Crippen molar-refractivity contribution in [1.29, 1.82) is 0 Å². The summed E-state index contributed by atoms with van der Waals surface area (Å²) in [6.07, 6.45) is 1.49. The average Bonchev–Trinajstić information content (AvgIpc) is 2.99. The first-order chi connectivity index (χ1) is 10.6. The lowest BCUT2D eigenvalue weighted by Crippen LogP contribution is -2.12. The minimum atomic E-state index is -1.95. The van der Waals surface area contributed by atoms with Crippen LogP contribution in [0.2, 0.25) is 0 Å². The number of ether oxygens (including phenoxy) is 1. The molecule has 1 aliphatic carbocycles. The normalized spacial score (nSPS) is 21.7. The Hall–Kier alpha value is -1.27. The molecule has 2 nitrogen and oxygen atoms in total. The van der Waals surface area contributed by atoms with Gasteiger partial charge in [0.1, 0.15) is 11.1 Å². The number of carbonyl (C=O) groups is 1. The first kappa shape index (κ1) is 18.1. The van der Waals surface area contributed by atoms with E-state index in [0.29, 0.717) is 6.07 Å². The van der Waals surface area contributed by atoms with Crippen molar-refractivity contribution in [3.05, 3.63) is 45.5 Å². The highest BCUT2D eigenvalue weighted by molar-refractivity contribution is 6.55. The maximum absolute atomic E-state index is 13.5. The largest absolute Gasteiger partial charge is 0.460 e. The van der Waals surface area contributed by atoms with Gasteiger partial charge in [0.15, 0.2) is 23.3 Å². The zero-order valence-electron chi connectivity index (χ0n) is 12.1. The van der Waals surface area contributed by atoms with Crippen LogP contribution in [0.4, 0.5) is 17.6 Å². The molecule has 8 heteroatoms. The average molecular weight is 371 g/mol. The van der Waals surface area contributed by atoms with Gasteiger partial charge in [-0.3, -0.25) is 4.79 Å². The summed E-state index contributed by atoms with van der Waals surface area (Å²) >= 11 is 11.1. The first-order valence-corrected chi connectivity index (χ1v) is 7.34. The van der Waals surface area contributed by atoms with Crippen molar-refractivity contribution >= 4 is 29.2 Å². The maximum Gasteiger partial charge on any atom is 0.310 e. The highest BCUT2D eigenvalue weighted by atomic mass is 35.5. The van der Waals surface area contributed by atoms with E-state index in [0.717, 1.165) is 0 Å². The van der Waals surface area contributed by atoms with E-state index < -0.39 is 52.7 Å². The zero-order valence-corrected chi connectivity index (χ0v) is 13.6. The summed E-state index contributed by atoms with van der Waals surface area (Å²) in [6.45, 7) is 2.86. The fourth-order valence-electron chi connectivity index (χ4n) is 2.54. The van der Waals surface area contributed by atoms with Gasteiger partial charge in [0.25, 0.3) is 0 Å². The minimum Gasteiger partial charge on any atom is -0.460 e. The van der Waals surface area contributed by atoms with Gasteiger partial charge >= 0.3 is 5.97 Å². The van der Waals surface area contributed by atoms with Gasteiger partial charge in [-0.2, -0.15) is 0 Å². The Kier molecular flexibility index (Phi) is 4.97. The van der Waals surface area contributed by atoms with E-state index in [2.05, 4.69) is 0 Å². The molecule has 0 heterocycles. The second kappa shape index (κ2) is 6.32. The summed E-state index contributed by atoms with van der Waals surface area (Å²) in [5.41, 5.74) is -1.04. The van der Waals surface area contributed by atoms with Crippen LogP contribution < -0.4 is 0 Å². The van der Waals surface area contributed by atoms with Gasteiger partial charge in [-0.15, -0.1) is 0 Å². The quantitative estimate of drug-likeness (QED) is 0.327. The standard InChI is InChI=1S/C15H12Cl2F4O2/c1-15(2)7(4-9(16)17)10(15)14(22)23-5-6-3-8(18)12(20)13(21)11(6)19/h3-4,7,10H,5H2,1-2H3. The van der Waals surface area contributed by atoms with Crippen molar-refractivity contribution < 1.29 is 27.1 Å². The Morgan fingerprint density at radius 1 is 1.22 bits per heavy atom. The van der Waals surface area contributed by atoms with Crippen molar-refractivity contribution in [2.45, 2.75) is 20.5 Å².